The van der Waals surface area contributed by atoms with Gasteiger partial charge in [0, 0.05) is 30.2 Å². The SMILES string of the molecule is CCC1(CC)[C@H](NC(=O)c2c(C)cc(C)[nH]c2=O)[C@@H](C)[C@H]1OC. The fourth-order valence-electron chi connectivity index (χ4n) is 4.45. The van der Waals surface area contributed by atoms with Crippen LogP contribution in [0.1, 0.15) is 55.2 Å². The number of aromatic amines is 1. The second-order valence-electron chi connectivity index (χ2n) is 6.75. The predicted octanol–water partition coefficient (Wildman–Crippen LogP) is 2.56. The molecule has 0 aliphatic heterocycles. The maximum Gasteiger partial charge on any atom is 0.261 e. The van der Waals surface area contributed by atoms with Crippen molar-refractivity contribution in [3.63, 3.8) is 0 Å². The molecule has 0 radical (unpaired) electrons. The van der Waals surface area contributed by atoms with Gasteiger partial charge in [-0.1, -0.05) is 20.8 Å². The summed E-state index contributed by atoms with van der Waals surface area (Å²) in [6, 6.07) is 1.85. The number of nitrogens with one attached hydrogen (secondary N) is 2. The molecular weight excluding hydrogens is 292 g/mol. The zero-order valence-corrected chi connectivity index (χ0v) is 14.9. The normalized spacial score (nSPS) is 25.7. The Balaban J connectivity index is 2.29. The van der Waals surface area contributed by atoms with Gasteiger partial charge in [0.2, 0.25) is 0 Å². The molecule has 1 amide bonds. The van der Waals surface area contributed by atoms with E-state index in [1.165, 1.54) is 0 Å². The van der Waals surface area contributed by atoms with Crippen LogP contribution in [0.4, 0.5) is 0 Å². The molecule has 1 aromatic rings. The minimum atomic E-state index is -0.325. The summed E-state index contributed by atoms with van der Waals surface area (Å²) in [5, 5.41) is 3.10. The van der Waals surface area contributed by atoms with Crippen molar-refractivity contribution in [3.8, 4) is 0 Å². The molecule has 0 spiro atoms. The quantitative estimate of drug-likeness (QED) is 0.876. The van der Waals surface area contributed by atoms with Crippen LogP contribution in [-0.2, 0) is 4.74 Å². The van der Waals surface area contributed by atoms with Gasteiger partial charge in [-0.2, -0.15) is 0 Å². The number of pyridine rings is 1. The maximum absolute atomic E-state index is 12.7. The third kappa shape index (κ3) is 2.71. The van der Waals surface area contributed by atoms with Gasteiger partial charge in [0.15, 0.2) is 0 Å². The molecule has 128 valence electrons. The molecule has 1 aliphatic carbocycles. The second-order valence-corrected chi connectivity index (χ2v) is 6.75. The molecule has 1 heterocycles. The standard InChI is InChI=1S/C18H28N2O3/c1-7-18(8-2)14(12(5)15(18)23-6)20-17(22)13-10(3)9-11(4)19-16(13)21/h9,12,14-15H,7-8H2,1-6H3,(H,19,21)(H,20,22)/t12-,14-,15-/m1/s1. The van der Waals surface area contributed by atoms with Crippen molar-refractivity contribution in [1.29, 1.82) is 0 Å². The van der Waals surface area contributed by atoms with Gasteiger partial charge >= 0.3 is 0 Å². The summed E-state index contributed by atoms with van der Waals surface area (Å²) in [6.45, 7) is 9.96. The Bertz CT molecular complexity index is 646. The molecule has 0 bridgehead atoms. The van der Waals surface area contributed by atoms with E-state index in [4.69, 9.17) is 4.74 Å². The largest absolute Gasteiger partial charge is 0.380 e. The van der Waals surface area contributed by atoms with Crippen LogP contribution in [-0.4, -0.2) is 30.1 Å². The summed E-state index contributed by atoms with van der Waals surface area (Å²) in [4.78, 5) is 27.5. The summed E-state index contributed by atoms with van der Waals surface area (Å²) in [7, 11) is 1.73. The number of methoxy groups -OCH3 is 1. The fourth-order valence-corrected chi connectivity index (χ4v) is 4.45. The average molecular weight is 320 g/mol. The number of hydrogen-bond acceptors (Lipinski definition) is 3. The minimum absolute atomic E-state index is 0.0232. The zero-order valence-electron chi connectivity index (χ0n) is 14.9. The van der Waals surface area contributed by atoms with Crippen LogP contribution in [0.25, 0.3) is 0 Å². The first-order chi connectivity index (χ1) is 10.8. The number of H-pyrrole nitrogens is 1. The van der Waals surface area contributed by atoms with Gasteiger partial charge in [0.05, 0.1) is 6.10 Å². The summed E-state index contributed by atoms with van der Waals surface area (Å²) in [6.07, 6.45) is 2.00. The monoisotopic (exact) mass is 320 g/mol. The Morgan fingerprint density at radius 2 is 1.96 bits per heavy atom. The van der Waals surface area contributed by atoms with Gasteiger partial charge in [0.1, 0.15) is 5.56 Å². The first-order valence-corrected chi connectivity index (χ1v) is 8.36. The maximum atomic E-state index is 12.7. The molecule has 1 fully saturated rings. The van der Waals surface area contributed by atoms with Gasteiger partial charge in [-0.15, -0.1) is 0 Å². The van der Waals surface area contributed by atoms with Crippen molar-refractivity contribution in [2.75, 3.05) is 7.11 Å². The van der Waals surface area contributed by atoms with Crippen LogP contribution >= 0.6 is 0 Å². The van der Waals surface area contributed by atoms with E-state index in [-0.39, 0.29) is 40.5 Å². The van der Waals surface area contributed by atoms with Crippen molar-refractivity contribution < 1.29 is 9.53 Å². The van der Waals surface area contributed by atoms with E-state index in [0.717, 1.165) is 18.5 Å². The van der Waals surface area contributed by atoms with E-state index >= 15 is 0 Å². The molecule has 0 aromatic carbocycles. The van der Waals surface area contributed by atoms with Crippen molar-refractivity contribution in [3.05, 3.63) is 33.2 Å². The topological polar surface area (TPSA) is 71.2 Å². The first-order valence-electron chi connectivity index (χ1n) is 8.36. The van der Waals surface area contributed by atoms with Crippen molar-refractivity contribution in [2.45, 2.75) is 59.6 Å². The first kappa shape index (κ1) is 17.7. The molecule has 23 heavy (non-hydrogen) atoms. The molecule has 1 saturated carbocycles. The third-order valence-electron chi connectivity index (χ3n) is 5.64. The second kappa shape index (κ2) is 6.48. The van der Waals surface area contributed by atoms with Crippen molar-refractivity contribution >= 4 is 5.91 Å². The number of aromatic nitrogens is 1. The molecule has 5 heteroatoms. The zero-order chi connectivity index (χ0) is 17.4. The van der Waals surface area contributed by atoms with E-state index in [2.05, 4.69) is 31.1 Å². The van der Waals surface area contributed by atoms with Gasteiger partial charge in [-0.25, -0.2) is 0 Å². The Morgan fingerprint density at radius 1 is 1.35 bits per heavy atom. The Labute approximate surface area is 137 Å². The third-order valence-corrected chi connectivity index (χ3v) is 5.64. The smallest absolute Gasteiger partial charge is 0.261 e. The van der Waals surface area contributed by atoms with E-state index < -0.39 is 0 Å². The van der Waals surface area contributed by atoms with Gasteiger partial charge < -0.3 is 15.0 Å². The van der Waals surface area contributed by atoms with E-state index in [0.29, 0.717) is 5.56 Å². The van der Waals surface area contributed by atoms with E-state index in [1.807, 2.05) is 13.0 Å². The van der Waals surface area contributed by atoms with Crippen LogP contribution in [0.15, 0.2) is 10.9 Å². The molecule has 0 unspecified atom stereocenters. The highest BCUT2D eigenvalue weighted by Crippen LogP contribution is 2.52. The lowest BCUT2D eigenvalue weighted by Gasteiger charge is -2.59. The number of rotatable bonds is 5. The number of carbonyl (C=O) groups is 1. The van der Waals surface area contributed by atoms with Gasteiger partial charge in [0.25, 0.3) is 11.5 Å². The van der Waals surface area contributed by atoms with Crippen molar-refractivity contribution in [1.82, 2.24) is 10.3 Å². The van der Waals surface area contributed by atoms with Gasteiger partial charge in [-0.05, 0) is 38.3 Å². The van der Waals surface area contributed by atoms with Crippen LogP contribution in [0.2, 0.25) is 0 Å². The number of amides is 1. The van der Waals surface area contributed by atoms with Crippen molar-refractivity contribution in [2.24, 2.45) is 11.3 Å². The molecule has 2 rings (SSSR count). The van der Waals surface area contributed by atoms with Gasteiger partial charge in [-0.3, -0.25) is 9.59 Å². The lowest BCUT2D eigenvalue weighted by Crippen LogP contribution is -2.70. The van der Waals surface area contributed by atoms with Crippen LogP contribution in [0, 0.1) is 25.2 Å². The molecule has 1 aromatic heterocycles. The molecule has 3 atom stereocenters. The number of aryl methyl sites for hydroxylation is 2. The molecule has 2 N–H and O–H groups in total. The van der Waals surface area contributed by atoms with E-state index in [1.54, 1.807) is 14.0 Å². The molecule has 1 aliphatic rings. The van der Waals surface area contributed by atoms with Crippen LogP contribution < -0.4 is 10.9 Å². The Morgan fingerprint density at radius 3 is 2.43 bits per heavy atom. The lowest BCUT2D eigenvalue weighted by molar-refractivity contribution is -0.164. The number of ether oxygens (including phenoxy) is 1. The molecular formula is C18H28N2O3. The Hall–Kier alpha value is -1.62. The molecule has 5 nitrogen and oxygen atoms in total. The minimum Gasteiger partial charge on any atom is -0.380 e. The van der Waals surface area contributed by atoms with Crippen LogP contribution in [0.3, 0.4) is 0 Å². The highest BCUT2D eigenvalue weighted by molar-refractivity contribution is 5.95. The lowest BCUT2D eigenvalue weighted by atomic mass is 9.53. The van der Waals surface area contributed by atoms with Crippen LogP contribution in [0.5, 0.6) is 0 Å². The van der Waals surface area contributed by atoms with E-state index in [9.17, 15) is 9.59 Å². The summed E-state index contributed by atoms with van der Waals surface area (Å²) < 4.78 is 5.66. The number of carbonyl (C=O) groups excluding carboxylic acids is 1. The summed E-state index contributed by atoms with van der Waals surface area (Å²) in [5.41, 5.74) is 1.29. The fraction of sp³-hybridized carbons (Fsp3) is 0.667. The summed E-state index contributed by atoms with van der Waals surface area (Å²) in [5.74, 6) is -0.0601. The predicted molar refractivity (Wildman–Crippen MR) is 90.8 cm³/mol. The average Bonchev–Trinajstić information content (AvgIpc) is 2.48. The highest BCUT2D eigenvalue weighted by Gasteiger charge is 2.59. The Kier molecular flexibility index (Phi) is 4.99. The summed E-state index contributed by atoms with van der Waals surface area (Å²) >= 11 is 0. The number of hydrogen-bond donors (Lipinski definition) is 2. The molecule has 0 saturated heterocycles. The highest BCUT2D eigenvalue weighted by atomic mass is 16.5.